The molecule has 2 heterocycles. The minimum absolute atomic E-state index is 0. The standard InChI is InChI=1S/C27H46N4O4S.ClH/c1-2-3-4-5-6-7-8-9-10-11-12-13-16-28-23(18-22-20-36-21-30-22)27(35)31-17-14-15-24(31)26(34)29-19-25(32)33;/h20-21,23-24,28H,2-19H2,1H3,(H,29,34)(H,32,33);1H/t23-,24-;/m0./s1. The summed E-state index contributed by atoms with van der Waals surface area (Å²) in [6, 6.07) is -1.05. The van der Waals surface area contributed by atoms with E-state index >= 15 is 0 Å². The highest BCUT2D eigenvalue weighted by Gasteiger charge is 2.37. The highest BCUT2D eigenvalue weighted by Crippen LogP contribution is 2.20. The summed E-state index contributed by atoms with van der Waals surface area (Å²) >= 11 is 1.50. The summed E-state index contributed by atoms with van der Waals surface area (Å²) in [5, 5.41) is 16.7. The van der Waals surface area contributed by atoms with Crippen molar-refractivity contribution in [3.05, 3.63) is 16.6 Å². The normalized spacial score (nSPS) is 15.8. The van der Waals surface area contributed by atoms with Gasteiger partial charge in [0.05, 0.1) is 17.2 Å². The molecule has 0 unspecified atom stereocenters. The topological polar surface area (TPSA) is 112 Å². The Morgan fingerprint density at radius 1 is 1.05 bits per heavy atom. The Labute approximate surface area is 232 Å². The highest BCUT2D eigenvalue weighted by molar-refractivity contribution is 7.07. The van der Waals surface area contributed by atoms with Gasteiger partial charge in [-0.2, -0.15) is 0 Å². The molecule has 0 bridgehead atoms. The smallest absolute Gasteiger partial charge is 0.322 e. The molecule has 3 N–H and O–H groups in total. The van der Waals surface area contributed by atoms with Crippen LogP contribution in [-0.4, -0.2) is 64.5 Å². The predicted molar refractivity (Wildman–Crippen MR) is 151 cm³/mol. The molecule has 2 atom stereocenters. The SMILES string of the molecule is CCCCCCCCCCCCCCN[C@@H](Cc1cscn1)C(=O)N1CCC[C@H]1C(=O)NCC(=O)O.Cl. The van der Waals surface area contributed by atoms with Crippen LogP contribution < -0.4 is 10.6 Å². The second-order valence-corrected chi connectivity index (χ2v) is 10.6. The lowest BCUT2D eigenvalue weighted by Gasteiger charge is -2.28. The summed E-state index contributed by atoms with van der Waals surface area (Å²) < 4.78 is 0. The van der Waals surface area contributed by atoms with Crippen LogP contribution in [0.2, 0.25) is 0 Å². The van der Waals surface area contributed by atoms with Gasteiger partial charge in [-0.3, -0.25) is 14.4 Å². The van der Waals surface area contributed by atoms with Crippen molar-refractivity contribution in [1.82, 2.24) is 20.5 Å². The van der Waals surface area contributed by atoms with Gasteiger partial charge in [-0.25, -0.2) is 4.98 Å². The first-order valence-corrected chi connectivity index (χ1v) is 14.9. The lowest BCUT2D eigenvalue weighted by Crippen LogP contribution is -2.53. The number of carbonyl (C=O) groups excluding carboxylic acids is 2. The van der Waals surface area contributed by atoms with E-state index < -0.39 is 30.5 Å². The molecule has 1 aliphatic rings. The number of hydrogen-bond donors (Lipinski definition) is 3. The van der Waals surface area contributed by atoms with Gasteiger partial charge in [-0.1, -0.05) is 77.6 Å². The van der Waals surface area contributed by atoms with Gasteiger partial charge in [0.2, 0.25) is 11.8 Å². The van der Waals surface area contributed by atoms with Crippen molar-refractivity contribution in [1.29, 1.82) is 0 Å². The fraction of sp³-hybridized carbons (Fsp3) is 0.778. The molecule has 212 valence electrons. The maximum atomic E-state index is 13.4. The van der Waals surface area contributed by atoms with E-state index in [1.165, 1.54) is 75.5 Å². The van der Waals surface area contributed by atoms with Gasteiger partial charge in [0, 0.05) is 18.3 Å². The molecule has 0 aromatic carbocycles. The molecule has 0 spiro atoms. The van der Waals surface area contributed by atoms with Gasteiger partial charge >= 0.3 is 5.97 Å². The molecule has 8 nitrogen and oxygen atoms in total. The molecular weight excluding hydrogens is 512 g/mol. The molecule has 2 amide bonds. The van der Waals surface area contributed by atoms with Crippen molar-refractivity contribution in [3.63, 3.8) is 0 Å². The Bertz CT molecular complexity index is 766. The van der Waals surface area contributed by atoms with Gasteiger partial charge < -0.3 is 20.6 Å². The van der Waals surface area contributed by atoms with Gasteiger partial charge in [0.15, 0.2) is 0 Å². The quantitative estimate of drug-likeness (QED) is 0.195. The van der Waals surface area contributed by atoms with E-state index in [0.29, 0.717) is 19.4 Å². The van der Waals surface area contributed by atoms with Crippen molar-refractivity contribution in [2.45, 2.75) is 115 Å². The first kappa shape index (κ1) is 33.3. The summed E-state index contributed by atoms with van der Waals surface area (Å²) in [5.41, 5.74) is 2.63. The predicted octanol–water partition coefficient (Wildman–Crippen LogP) is 4.96. The molecule has 0 aliphatic carbocycles. The molecule has 1 aromatic rings. The largest absolute Gasteiger partial charge is 0.480 e. The number of likely N-dealkylation sites (tertiary alicyclic amines) is 1. The van der Waals surface area contributed by atoms with Crippen LogP contribution in [0.4, 0.5) is 0 Å². The number of carboxylic acid groups (broad SMARTS) is 1. The third-order valence-electron chi connectivity index (χ3n) is 6.87. The van der Waals surface area contributed by atoms with Crippen molar-refractivity contribution >= 4 is 41.5 Å². The zero-order valence-corrected chi connectivity index (χ0v) is 24.1. The lowest BCUT2D eigenvalue weighted by molar-refractivity contribution is -0.141. The lowest BCUT2D eigenvalue weighted by atomic mass is 10.0. The Morgan fingerprint density at radius 2 is 1.68 bits per heavy atom. The average Bonchev–Trinajstić information content (AvgIpc) is 3.56. The molecule has 37 heavy (non-hydrogen) atoms. The fourth-order valence-electron chi connectivity index (χ4n) is 4.82. The number of unbranched alkanes of at least 4 members (excludes halogenated alkanes) is 11. The van der Waals surface area contributed by atoms with Crippen LogP contribution in [0.25, 0.3) is 0 Å². The second kappa shape index (κ2) is 20.3. The number of nitrogens with one attached hydrogen (secondary N) is 2. The first-order valence-electron chi connectivity index (χ1n) is 13.9. The van der Waals surface area contributed by atoms with E-state index in [1.54, 1.807) is 10.4 Å². The number of carboxylic acids is 1. The van der Waals surface area contributed by atoms with Gasteiger partial charge in [0.1, 0.15) is 12.6 Å². The summed E-state index contributed by atoms with van der Waals surface area (Å²) in [4.78, 5) is 42.7. The summed E-state index contributed by atoms with van der Waals surface area (Å²) in [6.45, 7) is 3.08. The molecule has 1 fully saturated rings. The monoisotopic (exact) mass is 558 g/mol. The van der Waals surface area contributed by atoms with Crippen LogP contribution in [0.1, 0.15) is 103 Å². The number of halogens is 1. The minimum atomic E-state index is -1.09. The molecule has 1 aromatic heterocycles. The molecule has 2 rings (SSSR count). The van der Waals surface area contributed by atoms with Crippen LogP contribution in [-0.2, 0) is 20.8 Å². The number of hydrogen-bond acceptors (Lipinski definition) is 6. The third-order valence-corrected chi connectivity index (χ3v) is 7.50. The van der Waals surface area contributed by atoms with Gasteiger partial charge in [0.25, 0.3) is 0 Å². The maximum absolute atomic E-state index is 13.4. The minimum Gasteiger partial charge on any atom is -0.480 e. The van der Waals surface area contributed by atoms with E-state index in [-0.39, 0.29) is 18.3 Å². The van der Waals surface area contributed by atoms with Crippen LogP contribution in [0.15, 0.2) is 10.9 Å². The van der Waals surface area contributed by atoms with E-state index in [1.807, 2.05) is 5.38 Å². The molecule has 1 aliphatic heterocycles. The second-order valence-electron chi connectivity index (χ2n) is 9.88. The summed E-state index contributed by atoms with van der Waals surface area (Å²) in [5.74, 6) is -1.59. The van der Waals surface area contributed by atoms with E-state index in [9.17, 15) is 14.4 Å². The molecular formula is C27H47ClN4O4S. The van der Waals surface area contributed by atoms with E-state index in [2.05, 4.69) is 22.5 Å². The average molecular weight is 559 g/mol. The van der Waals surface area contributed by atoms with Crippen LogP contribution in [0, 0.1) is 0 Å². The Hall–Kier alpha value is -1.71. The molecule has 1 saturated heterocycles. The van der Waals surface area contributed by atoms with Crippen molar-refractivity contribution in [2.24, 2.45) is 0 Å². The van der Waals surface area contributed by atoms with Crippen molar-refractivity contribution in [2.75, 3.05) is 19.6 Å². The highest BCUT2D eigenvalue weighted by atomic mass is 35.5. The third kappa shape index (κ3) is 13.6. The number of carbonyl (C=O) groups is 3. The Kier molecular flexibility index (Phi) is 18.3. The Balaban J connectivity index is 0.00000684. The number of thiazole rings is 1. The van der Waals surface area contributed by atoms with Crippen LogP contribution in [0.3, 0.4) is 0 Å². The van der Waals surface area contributed by atoms with Crippen LogP contribution in [0.5, 0.6) is 0 Å². The van der Waals surface area contributed by atoms with E-state index in [0.717, 1.165) is 31.5 Å². The zero-order valence-electron chi connectivity index (χ0n) is 22.4. The fourth-order valence-corrected chi connectivity index (χ4v) is 5.39. The first-order chi connectivity index (χ1) is 17.5. The van der Waals surface area contributed by atoms with Crippen molar-refractivity contribution < 1.29 is 19.5 Å². The van der Waals surface area contributed by atoms with Gasteiger partial charge in [-0.15, -0.1) is 23.7 Å². The van der Waals surface area contributed by atoms with E-state index in [4.69, 9.17) is 5.11 Å². The Morgan fingerprint density at radius 3 is 2.24 bits per heavy atom. The summed E-state index contributed by atoms with van der Waals surface area (Å²) in [6.07, 6.45) is 17.2. The van der Waals surface area contributed by atoms with Crippen LogP contribution >= 0.6 is 23.7 Å². The van der Waals surface area contributed by atoms with Crippen molar-refractivity contribution in [3.8, 4) is 0 Å². The zero-order chi connectivity index (χ0) is 26.0. The van der Waals surface area contributed by atoms with Gasteiger partial charge in [-0.05, 0) is 25.8 Å². The molecule has 10 heteroatoms. The maximum Gasteiger partial charge on any atom is 0.322 e. The number of aromatic nitrogens is 1. The number of rotatable bonds is 20. The molecule has 0 saturated carbocycles. The number of aliphatic carboxylic acids is 1. The molecule has 0 radical (unpaired) electrons. The number of nitrogens with zero attached hydrogens (tertiary/aromatic N) is 2. The summed E-state index contributed by atoms with van der Waals surface area (Å²) in [7, 11) is 0. The number of amides is 2.